The van der Waals surface area contributed by atoms with Crippen LogP contribution in [0.3, 0.4) is 0 Å². The van der Waals surface area contributed by atoms with Gasteiger partial charge in [0, 0.05) is 18.9 Å². The topological polar surface area (TPSA) is 324 Å². The lowest BCUT2D eigenvalue weighted by Gasteiger charge is -2.32. The number of nitrogens with two attached hydrogens (primary N) is 1. The van der Waals surface area contributed by atoms with Crippen LogP contribution in [0.5, 0.6) is 11.5 Å². The lowest BCUT2D eigenvalue weighted by molar-refractivity contribution is -0.145. The fraction of sp³-hybridized carbons (Fsp3) is 0.475. The molecule has 0 radical (unpaired) electrons. The van der Waals surface area contributed by atoms with E-state index in [9.17, 15) is 63.6 Å². The minimum atomic E-state index is -1.76. The number of carbonyl (C=O) groups excluding carboxylic acids is 7. The number of nitrogens with one attached hydrogen (secondary N) is 5. The van der Waals surface area contributed by atoms with Crippen molar-refractivity contribution in [3.63, 3.8) is 0 Å². The molecule has 7 amide bonds. The van der Waals surface area contributed by atoms with Crippen molar-refractivity contribution in [2.45, 2.75) is 102 Å². The number of carbonyl (C=O) groups is 9. The van der Waals surface area contributed by atoms with E-state index in [1.807, 2.05) is 0 Å². The highest BCUT2D eigenvalue weighted by Gasteiger charge is 2.41. The van der Waals surface area contributed by atoms with Crippen LogP contribution < -0.4 is 32.3 Å². The first kappa shape index (κ1) is 47.6. The number of phenols is 2. The van der Waals surface area contributed by atoms with Crippen LogP contribution in [0, 0.1) is 11.8 Å². The number of carboxylic acids is 2. The summed E-state index contributed by atoms with van der Waals surface area (Å²) in [6.45, 7) is 6.11. The minimum absolute atomic E-state index is 0.0305. The van der Waals surface area contributed by atoms with Gasteiger partial charge in [-0.3, -0.25) is 43.2 Å². The molecule has 1 aliphatic heterocycles. The van der Waals surface area contributed by atoms with Gasteiger partial charge in [-0.25, -0.2) is 0 Å². The van der Waals surface area contributed by atoms with Gasteiger partial charge in [0.1, 0.15) is 47.8 Å². The van der Waals surface area contributed by atoms with Crippen LogP contribution >= 0.6 is 0 Å². The van der Waals surface area contributed by atoms with Crippen molar-refractivity contribution in [3.05, 3.63) is 59.7 Å². The number of aromatic hydroxyl groups is 2. The van der Waals surface area contributed by atoms with Gasteiger partial charge in [-0.1, -0.05) is 45.0 Å². The Labute approximate surface area is 345 Å². The van der Waals surface area contributed by atoms with Crippen molar-refractivity contribution >= 4 is 53.3 Å². The second-order valence-corrected chi connectivity index (χ2v) is 15.1. The van der Waals surface area contributed by atoms with E-state index in [-0.39, 0.29) is 37.3 Å². The Hall–Kier alpha value is -6.73. The molecule has 2 aromatic rings. The van der Waals surface area contributed by atoms with E-state index in [1.54, 1.807) is 32.9 Å². The van der Waals surface area contributed by atoms with Crippen LogP contribution in [0.1, 0.15) is 64.5 Å². The van der Waals surface area contributed by atoms with E-state index < -0.39 is 114 Å². The zero-order chi connectivity index (χ0) is 44.8. The third-order valence-corrected chi connectivity index (χ3v) is 9.81. The van der Waals surface area contributed by atoms with E-state index >= 15 is 0 Å². The molecule has 0 spiro atoms. The number of hydrogen-bond acceptors (Lipinski definition) is 11. The second kappa shape index (κ2) is 21.9. The van der Waals surface area contributed by atoms with Crippen LogP contribution in [0.25, 0.3) is 0 Å². The van der Waals surface area contributed by atoms with Crippen molar-refractivity contribution in [2.24, 2.45) is 17.6 Å². The average Bonchev–Trinajstić information content (AvgIpc) is 3.67. The van der Waals surface area contributed by atoms with Gasteiger partial charge in [0.2, 0.25) is 41.4 Å². The van der Waals surface area contributed by atoms with Gasteiger partial charge in [0.15, 0.2) is 0 Å². The number of carboxylic acid groups (broad SMARTS) is 2. The predicted molar refractivity (Wildman–Crippen MR) is 211 cm³/mol. The Bertz CT molecular complexity index is 1910. The van der Waals surface area contributed by atoms with Crippen LogP contribution in [0.4, 0.5) is 0 Å². The maximum absolute atomic E-state index is 14.0. The van der Waals surface area contributed by atoms with E-state index in [4.69, 9.17) is 5.73 Å². The molecule has 0 bridgehead atoms. The highest BCUT2D eigenvalue weighted by molar-refractivity contribution is 5.98. The summed E-state index contributed by atoms with van der Waals surface area (Å²) < 4.78 is 0. The summed E-state index contributed by atoms with van der Waals surface area (Å²) in [7, 11) is 0. The number of benzene rings is 2. The number of likely N-dealkylation sites (tertiary alicyclic amines) is 1. The summed E-state index contributed by atoms with van der Waals surface area (Å²) in [5, 5.41) is 50.5. The lowest BCUT2D eigenvalue weighted by Crippen LogP contribution is -2.60. The molecule has 1 fully saturated rings. The second-order valence-electron chi connectivity index (χ2n) is 15.1. The molecule has 1 heterocycles. The molecule has 20 nitrogen and oxygen atoms in total. The summed E-state index contributed by atoms with van der Waals surface area (Å²) in [5.74, 6) is -10.3. The molecule has 11 N–H and O–H groups in total. The molecule has 7 atom stereocenters. The Balaban J connectivity index is 1.77. The maximum atomic E-state index is 14.0. The first-order valence-corrected chi connectivity index (χ1v) is 19.3. The zero-order valence-corrected chi connectivity index (χ0v) is 33.7. The Morgan fingerprint density at radius 1 is 0.650 bits per heavy atom. The predicted octanol–water partition coefficient (Wildman–Crippen LogP) is -0.955. The van der Waals surface area contributed by atoms with Crippen molar-refractivity contribution in [3.8, 4) is 11.5 Å². The zero-order valence-electron chi connectivity index (χ0n) is 33.7. The van der Waals surface area contributed by atoms with Gasteiger partial charge in [-0.05, 0) is 67.5 Å². The van der Waals surface area contributed by atoms with E-state index in [0.29, 0.717) is 17.5 Å². The summed E-state index contributed by atoms with van der Waals surface area (Å²) in [6.07, 6.45) is -1.32. The lowest BCUT2D eigenvalue weighted by atomic mass is 9.99. The van der Waals surface area contributed by atoms with Crippen molar-refractivity contribution < 1.29 is 63.6 Å². The molecule has 326 valence electrons. The van der Waals surface area contributed by atoms with E-state index in [0.717, 1.165) is 4.90 Å². The largest absolute Gasteiger partial charge is 0.508 e. The fourth-order valence-electron chi connectivity index (χ4n) is 6.41. The number of hydrogen-bond donors (Lipinski definition) is 10. The molecule has 1 saturated heterocycles. The van der Waals surface area contributed by atoms with Gasteiger partial charge in [0.25, 0.3) is 0 Å². The van der Waals surface area contributed by atoms with Crippen LogP contribution in [-0.2, 0) is 56.0 Å². The normalized spacial score (nSPS) is 16.6. The Morgan fingerprint density at radius 3 is 1.62 bits per heavy atom. The number of phenolic OH excluding ortho intramolecular Hbond substituents is 2. The van der Waals surface area contributed by atoms with E-state index in [2.05, 4.69) is 26.6 Å². The van der Waals surface area contributed by atoms with Crippen molar-refractivity contribution in [1.29, 1.82) is 0 Å². The fourth-order valence-corrected chi connectivity index (χ4v) is 6.41. The molecule has 60 heavy (non-hydrogen) atoms. The third kappa shape index (κ3) is 14.3. The number of rotatable bonds is 21. The molecule has 0 aliphatic carbocycles. The van der Waals surface area contributed by atoms with Crippen LogP contribution in [-0.4, -0.2) is 121 Å². The quantitative estimate of drug-likeness (QED) is 0.0726. The Morgan fingerprint density at radius 2 is 1.12 bits per heavy atom. The smallest absolute Gasteiger partial charge is 0.305 e. The number of nitrogens with zero attached hydrogens (tertiary/aromatic N) is 1. The average molecular weight is 840 g/mol. The molecule has 20 heteroatoms. The number of aliphatic carboxylic acids is 2. The summed E-state index contributed by atoms with van der Waals surface area (Å²) in [5.41, 5.74) is 6.44. The number of amides is 7. The first-order chi connectivity index (χ1) is 28.2. The van der Waals surface area contributed by atoms with Gasteiger partial charge >= 0.3 is 11.9 Å². The summed E-state index contributed by atoms with van der Waals surface area (Å²) >= 11 is 0. The standard InChI is InChI=1S/C40H53N7O13/c1-20(2)33(46-38(58)29(19-32(52)53)43-35(55)21(3)16-23-7-11-25(48)12-8-23)40(60)47-15-5-6-30(47)39(59)45-28(18-31(50)51)37(57)44-27(36(56)42-22(4)34(41)54)17-24-9-13-26(49)14-10-24/h7-14,20-22,27-30,33,48-49H,5-6,15-19H2,1-4H3,(H2,41,54)(H,42,56)(H,43,55)(H,44,57)(H,45,59)(H,46,58)(H,50,51)(H,52,53). The highest BCUT2D eigenvalue weighted by atomic mass is 16.4. The van der Waals surface area contributed by atoms with Gasteiger partial charge in [-0.2, -0.15) is 0 Å². The molecule has 7 unspecified atom stereocenters. The van der Waals surface area contributed by atoms with Gasteiger partial charge < -0.3 is 57.6 Å². The van der Waals surface area contributed by atoms with Crippen molar-refractivity contribution in [1.82, 2.24) is 31.5 Å². The van der Waals surface area contributed by atoms with Gasteiger partial charge in [-0.15, -0.1) is 0 Å². The molecular weight excluding hydrogens is 786 g/mol. The molecule has 0 aromatic heterocycles. The van der Waals surface area contributed by atoms with E-state index in [1.165, 1.54) is 43.3 Å². The SMILES string of the molecule is CC(Cc1ccc(O)cc1)C(=O)NC(CC(=O)O)C(=O)NC(C(=O)N1CCCC1C(=O)NC(CC(=O)O)C(=O)NC(Cc1ccc(O)cc1)C(=O)NC(C)C(N)=O)C(C)C. The summed E-state index contributed by atoms with van der Waals surface area (Å²) in [4.78, 5) is 118. The van der Waals surface area contributed by atoms with Crippen LogP contribution in [0.15, 0.2) is 48.5 Å². The maximum Gasteiger partial charge on any atom is 0.305 e. The first-order valence-electron chi connectivity index (χ1n) is 19.3. The molecular formula is C40H53N7O13. The number of primary amides is 1. The molecule has 1 aliphatic rings. The monoisotopic (exact) mass is 839 g/mol. The van der Waals surface area contributed by atoms with Crippen LogP contribution in [0.2, 0.25) is 0 Å². The summed E-state index contributed by atoms with van der Waals surface area (Å²) in [6, 6.07) is 3.29. The molecule has 0 saturated carbocycles. The molecule has 3 rings (SSSR count). The minimum Gasteiger partial charge on any atom is -0.508 e. The third-order valence-electron chi connectivity index (χ3n) is 9.81. The van der Waals surface area contributed by atoms with Gasteiger partial charge in [0.05, 0.1) is 12.8 Å². The molecule has 2 aromatic carbocycles. The Kier molecular flexibility index (Phi) is 17.4. The van der Waals surface area contributed by atoms with Crippen molar-refractivity contribution in [2.75, 3.05) is 6.54 Å². The highest BCUT2D eigenvalue weighted by Crippen LogP contribution is 2.22.